The maximum absolute atomic E-state index is 12.9. The van der Waals surface area contributed by atoms with Crippen molar-refractivity contribution in [3.8, 4) is 0 Å². The molecule has 5 nitrogen and oxygen atoms in total. The van der Waals surface area contributed by atoms with Gasteiger partial charge in [-0.25, -0.2) is 0 Å². The van der Waals surface area contributed by atoms with E-state index in [1.165, 1.54) is 19.8 Å². The third kappa shape index (κ3) is 3.88. The second kappa shape index (κ2) is 7.87. The third-order valence-corrected chi connectivity index (χ3v) is 5.16. The van der Waals surface area contributed by atoms with E-state index in [1.54, 1.807) is 0 Å². The molecule has 1 fully saturated rings. The summed E-state index contributed by atoms with van der Waals surface area (Å²) in [5, 5.41) is 3.17. The van der Waals surface area contributed by atoms with Crippen molar-refractivity contribution in [2.45, 2.75) is 39.7 Å². The number of hydrogen-bond acceptors (Lipinski definition) is 3. The van der Waals surface area contributed by atoms with Crippen LogP contribution in [0.2, 0.25) is 0 Å². The molecule has 1 saturated heterocycles. The van der Waals surface area contributed by atoms with Crippen molar-refractivity contribution >= 4 is 11.7 Å². The van der Waals surface area contributed by atoms with Crippen LogP contribution in [0.15, 0.2) is 30.3 Å². The first kappa shape index (κ1) is 18.4. The lowest BCUT2D eigenvalue weighted by molar-refractivity contribution is 0.0922. The topological polar surface area (TPSA) is 65.2 Å². The van der Waals surface area contributed by atoms with E-state index < -0.39 is 0 Å². The number of likely N-dealkylation sites (tertiary alicyclic amines) is 1. The number of Topliss-reactive ketones (excluding diaryl/α,β-unsaturated/α-hetero) is 1. The van der Waals surface area contributed by atoms with Crippen molar-refractivity contribution in [3.05, 3.63) is 58.4 Å². The van der Waals surface area contributed by atoms with E-state index in [9.17, 15) is 9.59 Å². The lowest BCUT2D eigenvalue weighted by Crippen LogP contribution is -2.37. The van der Waals surface area contributed by atoms with Gasteiger partial charge in [-0.1, -0.05) is 30.3 Å². The van der Waals surface area contributed by atoms with Gasteiger partial charge in [0.05, 0.1) is 6.04 Å². The van der Waals surface area contributed by atoms with E-state index >= 15 is 0 Å². The predicted octanol–water partition coefficient (Wildman–Crippen LogP) is 3.40. The number of aromatic amines is 1. The van der Waals surface area contributed by atoms with Gasteiger partial charge in [0.2, 0.25) is 0 Å². The summed E-state index contributed by atoms with van der Waals surface area (Å²) in [5.41, 5.74) is 3.66. The van der Waals surface area contributed by atoms with E-state index in [0.29, 0.717) is 11.3 Å². The Morgan fingerprint density at radius 3 is 2.38 bits per heavy atom. The SMILES string of the molecule is CC(=O)c1c(C)[nH]c(C(=O)NC(CN2CCCC2)c2ccccc2)c1C. The first-order valence-electron chi connectivity index (χ1n) is 9.25. The Hall–Kier alpha value is -2.40. The quantitative estimate of drug-likeness (QED) is 0.782. The molecule has 1 aromatic heterocycles. The minimum absolute atomic E-state index is 0.0213. The number of ketones is 1. The van der Waals surface area contributed by atoms with Crippen molar-refractivity contribution in [3.63, 3.8) is 0 Å². The molecule has 3 rings (SSSR count). The van der Waals surface area contributed by atoms with Gasteiger partial charge in [-0.15, -0.1) is 0 Å². The Kier molecular flexibility index (Phi) is 5.57. The molecule has 138 valence electrons. The number of carbonyl (C=O) groups excluding carboxylic acids is 2. The molecule has 0 aliphatic carbocycles. The lowest BCUT2D eigenvalue weighted by atomic mass is 10.0. The second-order valence-electron chi connectivity index (χ2n) is 7.13. The maximum Gasteiger partial charge on any atom is 0.268 e. The fraction of sp³-hybridized carbons (Fsp3) is 0.429. The molecular weight excluding hydrogens is 326 g/mol. The summed E-state index contributed by atoms with van der Waals surface area (Å²) in [4.78, 5) is 30.3. The van der Waals surface area contributed by atoms with Crippen LogP contribution in [-0.4, -0.2) is 41.2 Å². The van der Waals surface area contributed by atoms with Crippen molar-refractivity contribution in [1.82, 2.24) is 15.2 Å². The summed E-state index contributed by atoms with van der Waals surface area (Å²) in [5.74, 6) is -0.182. The number of aryl methyl sites for hydroxylation is 1. The van der Waals surface area contributed by atoms with Gasteiger partial charge in [0.15, 0.2) is 5.78 Å². The van der Waals surface area contributed by atoms with Crippen molar-refractivity contribution in [2.24, 2.45) is 0 Å². The summed E-state index contributed by atoms with van der Waals surface area (Å²) in [6.07, 6.45) is 2.43. The Morgan fingerprint density at radius 2 is 1.81 bits per heavy atom. The normalized spacial score (nSPS) is 15.8. The molecule has 1 atom stereocenters. The molecule has 0 radical (unpaired) electrons. The highest BCUT2D eigenvalue weighted by Gasteiger charge is 2.24. The van der Waals surface area contributed by atoms with E-state index in [0.717, 1.165) is 36.5 Å². The fourth-order valence-electron chi connectivity index (χ4n) is 3.88. The van der Waals surface area contributed by atoms with Gasteiger partial charge in [0.25, 0.3) is 5.91 Å². The number of nitrogens with one attached hydrogen (secondary N) is 2. The van der Waals surface area contributed by atoms with Crippen LogP contribution in [0.3, 0.4) is 0 Å². The van der Waals surface area contributed by atoms with Gasteiger partial charge in [0, 0.05) is 17.8 Å². The zero-order chi connectivity index (χ0) is 18.7. The van der Waals surface area contributed by atoms with Crippen LogP contribution >= 0.6 is 0 Å². The number of benzene rings is 1. The molecule has 1 aliphatic heterocycles. The van der Waals surface area contributed by atoms with Gasteiger partial charge < -0.3 is 15.2 Å². The first-order valence-corrected chi connectivity index (χ1v) is 9.25. The summed E-state index contributed by atoms with van der Waals surface area (Å²) in [7, 11) is 0. The van der Waals surface area contributed by atoms with Crippen LogP contribution in [0, 0.1) is 13.8 Å². The highest BCUT2D eigenvalue weighted by Crippen LogP contribution is 2.21. The standard InChI is InChI=1S/C21H27N3O2/c1-14-19(16(3)25)15(2)22-20(14)21(26)23-18(13-24-11-7-8-12-24)17-9-5-4-6-10-17/h4-6,9-10,18,22H,7-8,11-13H2,1-3H3,(H,23,26). The summed E-state index contributed by atoms with van der Waals surface area (Å²) in [6, 6.07) is 10.00. The molecule has 5 heteroatoms. The number of aromatic nitrogens is 1. The highest BCUT2D eigenvalue weighted by molar-refractivity contribution is 6.02. The number of hydrogen-bond donors (Lipinski definition) is 2. The van der Waals surface area contributed by atoms with Crippen LogP contribution in [0.5, 0.6) is 0 Å². The summed E-state index contributed by atoms with van der Waals surface area (Å²) in [6.45, 7) is 8.15. The Labute approximate surface area is 154 Å². The molecule has 2 N–H and O–H groups in total. The van der Waals surface area contributed by atoms with Gasteiger partial charge in [0.1, 0.15) is 5.69 Å². The van der Waals surface area contributed by atoms with Gasteiger partial charge in [-0.3, -0.25) is 9.59 Å². The van der Waals surface area contributed by atoms with Gasteiger partial charge in [-0.05, 0) is 57.8 Å². The molecule has 1 aliphatic rings. The average molecular weight is 353 g/mol. The van der Waals surface area contributed by atoms with Crippen LogP contribution in [0.4, 0.5) is 0 Å². The molecule has 1 amide bonds. The molecule has 0 saturated carbocycles. The summed E-state index contributed by atoms with van der Waals surface area (Å²) >= 11 is 0. The monoisotopic (exact) mass is 353 g/mol. The molecule has 1 aromatic carbocycles. The number of amides is 1. The zero-order valence-electron chi connectivity index (χ0n) is 15.8. The number of H-pyrrole nitrogens is 1. The number of rotatable bonds is 6. The highest BCUT2D eigenvalue weighted by atomic mass is 16.2. The largest absolute Gasteiger partial charge is 0.354 e. The summed E-state index contributed by atoms with van der Waals surface area (Å²) < 4.78 is 0. The smallest absolute Gasteiger partial charge is 0.268 e. The molecular formula is C21H27N3O2. The Morgan fingerprint density at radius 1 is 1.15 bits per heavy atom. The molecule has 2 aromatic rings. The van der Waals surface area contributed by atoms with E-state index in [-0.39, 0.29) is 17.7 Å². The van der Waals surface area contributed by atoms with E-state index in [1.807, 2.05) is 32.0 Å². The van der Waals surface area contributed by atoms with E-state index in [2.05, 4.69) is 27.3 Å². The number of carbonyl (C=O) groups is 2. The predicted molar refractivity (Wildman–Crippen MR) is 103 cm³/mol. The maximum atomic E-state index is 12.9. The Balaban J connectivity index is 1.83. The van der Waals surface area contributed by atoms with Crippen molar-refractivity contribution in [1.29, 1.82) is 0 Å². The van der Waals surface area contributed by atoms with Crippen LogP contribution in [-0.2, 0) is 0 Å². The fourth-order valence-corrected chi connectivity index (χ4v) is 3.88. The molecule has 1 unspecified atom stereocenters. The molecule has 0 spiro atoms. The van der Waals surface area contributed by atoms with Crippen molar-refractivity contribution < 1.29 is 9.59 Å². The Bertz CT molecular complexity index is 789. The van der Waals surface area contributed by atoms with Gasteiger partial charge in [-0.2, -0.15) is 0 Å². The second-order valence-corrected chi connectivity index (χ2v) is 7.13. The minimum Gasteiger partial charge on any atom is -0.354 e. The van der Waals surface area contributed by atoms with Crippen LogP contribution in [0.1, 0.15) is 63.5 Å². The first-order chi connectivity index (χ1) is 12.5. The molecule has 0 bridgehead atoms. The van der Waals surface area contributed by atoms with Crippen LogP contribution < -0.4 is 5.32 Å². The molecule has 2 heterocycles. The molecule has 26 heavy (non-hydrogen) atoms. The minimum atomic E-state index is -0.161. The van der Waals surface area contributed by atoms with Crippen LogP contribution in [0.25, 0.3) is 0 Å². The van der Waals surface area contributed by atoms with Gasteiger partial charge >= 0.3 is 0 Å². The third-order valence-electron chi connectivity index (χ3n) is 5.16. The van der Waals surface area contributed by atoms with E-state index in [4.69, 9.17) is 0 Å². The average Bonchev–Trinajstić information content (AvgIpc) is 3.22. The van der Waals surface area contributed by atoms with Crippen molar-refractivity contribution in [2.75, 3.05) is 19.6 Å². The number of nitrogens with zero attached hydrogens (tertiary/aromatic N) is 1. The lowest BCUT2D eigenvalue weighted by Gasteiger charge is -2.25. The zero-order valence-corrected chi connectivity index (χ0v) is 15.8.